The minimum Gasteiger partial charge on any atom is -0.493 e. The minimum absolute atomic E-state index is 0.349. The number of hydrogen-bond donors (Lipinski definition) is 1. The quantitative estimate of drug-likeness (QED) is 0.877. The Labute approximate surface area is 131 Å². The van der Waals surface area contributed by atoms with Crippen LogP contribution in [-0.2, 0) is 13.0 Å². The van der Waals surface area contributed by atoms with Gasteiger partial charge in [0.15, 0.2) is 0 Å². The zero-order chi connectivity index (χ0) is 14.7. The van der Waals surface area contributed by atoms with Crippen LogP contribution in [0, 0.1) is 0 Å². The minimum atomic E-state index is 0.349. The third-order valence-corrected chi connectivity index (χ3v) is 4.19. The molecule has 0 radical (unpaired) electrons. The highest BCUT2D eigenvalue weighted by atomic mass is 35.5. The van der Waals surface area contributed by atoms with E-state index >= 15 is 0 Å². The van der Waals surface area contributed by atoms with Crippen molar-refractivity contribution in [3.05, 3.63) is 64.2 Å². The van der Waals surface area contributed by atoms with Crippen LogP contribution < -0.4 is 10.1 Å². The van der Waals surface area contributed by atoms with E-state index < -0.39 is 0 Å². The van der Waals surface area contributed by atoms with Crippen molar-refractivity contribution in [2.45, 2.75) is 32.4 Å². The second-order valence-electron chi connectivity index (χ2n) is 5.40. The van der Waals surface area contributed by atoms with Gasteiger partial charge in [0.05, 0.1) is 6.61 Å². The molecule has 0 amide bonds. The van der Waals surface area contributed by atoms with Crippen LogP contribution in [0.15, 0.2) is 42.5 Å². The van der Waals surface area contributed by atoms with Crippen LogP contribution in [0.4, 0.5) is 0 Å². The van der Waals surface area contributed by atoms with Gasteiger partial charge < -0.3 is 10.1 Å². The van der Waals surface area contributed by atoms with Crippen LogP contribution >= 0.6 is 11.6 Å². The van der Waals surface area contributed by atoms with E-state index in [0.29, 0.717) is 6.04 Å². The van der Waals surface area contributed by atoms with Gasteiger partial charge in [0.25, 0.3) is 0 Å². The van der Waals surface area contributed by atoms with Crippen molar-refractivity contribution in [2.75, 3.05) is 6.61 Å². The lowest BCUT2D eigenvalue weighted by molar-refractivity contribution is 0.351. The van der Waals surface area contributed by atoms with E-state index in [4.69, 9.17) is 16.3 Å². The van der Waals surface area contributed by atoms with Crippen LogP contribution in [-0.4, -0.2) is 6.61 Å². The molecule has 0 saturated carbocycles. The molecule has 21 heavy (non-hydrogen) atoms. The van der Waals surface area contributed by atoms with Gasteiger partial charge in [-0.05, 0) is 29.7 Å². The monoisotopic (exact) mass is 301 g/mol. The van der Waals surface area contributed by atoms with Gasteiger partial charge in [-0.3, -0.25) is 0 Å². The van der Waals surface area contributed by atoms with Gasteiger partial charge in [-0.2, -0.15) is 0 Å². The highest BCUT2D eigenvalue weighted by molar-refractivity contribution is 6.30. The SMILES string of the molecule is CCC(NCc1cc(Cl)cc2c1OCC2)c1ccccc1. The Balaban J connectivity index is 1.75. The molecular weight excluding hydrogens is 282 g/mol. The predicted molar refractivity (Wildman–Crippen MR) is 87.0 cm³/mol. The summed E-state index contributed by atoms with van der Waals surface area (Å²) in [5, 5.41) is 4.42. The lowest BCUT2D eigenvalue weighted by Crippen LogP contribution is -2.20. The summed E-state index contributed by atoms with van der Waals surface area (Å²) in [6.07, 6.45) is 2.01. The molecular formula is C18H20ClNO. The van der Waals surface area contributed by atoms with E-state index in [9.17, 15) is 0 Å². The first kappa shape index (κ1) is 14.4. The zero-order valence-corrected chi connectivity index (χ0v) is 13.0. The highest BCUT2D eigenvalue weighted by Crippen LogP contribution is 2.33. The highest BCUT2D eigenvalue weighted by Gasteiger charge is 2.18. The molecule has 1 aliphatic rings. The second kappa shape index (κ2) is 6.50. The van der Waals surface area contributed by atoms with Gasteiger partial charge in [-0.25, -0.2) is 0 Å². The van der Waals surface area contributed by atoms with Crippen molar-refractivity contribution in [2.24, 2.45) is 0 Å². The maximum absolute atomic E-state index is 6.21. The third-order valence-electron chi connectivity index (χ3n) is 3.97. The summed E-state index contributed by atoms with van der Waals surface area (Å²) in [4.78, 5) is 0. The molecule has 2 nitrogen and oxygen atoms in total. The smallest absolute Gasteiger partial charge is 0.127 e. The molecule has 0 bridgehead atoms. The molecule has 0 aromatic heterocycles. The molecule has 110 valence electrons. The second-order valence-corrected chi connectivity index (χ2v) is 5.84. The Morgan fingerprint density at radius 2 is 2.05 bits per heavy atom. The number of halogens is 1. The average Bonchev–Trinajstić information content (AvgIpc) is 2.97. The van der Waals surface area contributed by atoms with E-state index in [1.807, 2.05) is 18.2 Å². The third kappa shape index (κ3) is 3.22. The fourth-order valence-corrected chi connectivity index (χ4v) is 3.16. The topological polar surface area (TPSA) is 21.3 Å². The van der Waals surface area contributed by atoms with Gasteiger partial charge in [-0.1, -0.05) is 48.9 Å². The van der Waals surface area contributed by atoms with E-state index in [0.717, 1.165) is 42.3 Å². The Hall–Kier alpha value is -1.51. The summed E-state index contributed by atoms with van der Waals surface area (Å²) < 4.78 is 5.76. The molecule has 0 spiro atoms. The summed E-state index contributed by atoms with van der Waals surface area (Å²) in [5.41, 5.74) is 3.70. The van der Waals surface area contributed by atoms with E-state index in [1.165, 1.54) is 11.1 Å². The summed E-state index contributed by atoms with van der Waals surface area (Å²) in [7, 11) is 0. The lowest BCUT2D eigenvalue weighted by atomic mass is 10.0. The largest absolute Gasteiger partial charge is 0.493 e. The van der Waals surface area contributed by atoms with Gasteiger partial charge in [0.1, 0.15) is 5.75 Å². The number of fused-ring (bicyclic) bond motifs is 1. The summed E-state index contributed by atoms with van der Waals surface area (Å²) in [5.74, 6) is 1.02. The Morgan fingerprint density at radius 1 is 1.24 bits per heavy atom. The number of ether oxygens (including phenoxy) is 1. The van der Waals surface area contributed by atoms with Crippen molar-refractivity contribution in [3.63, 3.8) is 0 Å². The number of nitrogens with one attached hydrogen (secondary N) is 1. The summed E-state index contributed by atoms with van der Waals surface area (Å²) in [6.45, 7) is 3.73. The molecule has 1 heterocycles. The molecule has 3 heteroatoms. The van der Waals surface area contributed by atoms with Gasteiger partial charge >= 0.3 is 0 Å². The van der Waals surface area contributed by atoms with Gasteiger partial charge in [0.2, 0.25) is 0 Å². The van der Waals surface area contributed by atoms with Crippen molar-refractivity contribution in [1.82, 2.24) is 5.32 Å². The maximum atomic E-state index is 6.21. The van der Waals surface area contributed by atoms with Gasteiger partial charge in [-0.15, -0.1) is 0 Å². The van der Waals surface area contributed by atoms with E-state index in [-0.39, 0.29) is 0 Å². The van der Waals surface area contributed by atoms with Crippen LogP contribution in [0.2, 0.25) is 5.02 Å². The Morgan fingerprint density at radius 3 is 2.81 bits per heavy atom. The molecule has 0 saturated heterocycles. The van der Waals surface area contributed by atoms with Crippen molar-refractivity contribution >= 4 is 11.6 Å². The number of rotatable bonds is 5. The molecule has 3 rings (SSSR count). The number of benzene rings is 2. The van der Waals surface area contributed by atoms with Crippen LogP contribution in [0.1, 0.15) is 36.1 Å². The first-order valence-electron chi connectivity index (χ1n) is 7.50. The fraction of sp³-hybridized carbons (Fsp3) is 0.333. The van der Waals surface area contributed by atoms with Crippen molar-refractivity contribution in [1.29, 1.82) is 0 Å². The standard InChI is InChI=1S/C18H20ClNO/c1-2-17(13-6-4-3-5-7-13)20-12-15-11-16(19)10-14-8-9-21-18(14)15/h3-7,10-11,17,20H,2,8-9,12H2,1H3. The predicted octanol–water partition coefficient (Wildman–Crippen LogP) is 4.52. The first-order valence-corrected chi connectivity index (χ1v) is 7.88. The molecule has 0 aliphatic carbocycles. The maximum Gasteiger partial charge on any atom is 0.127 e. The lowest BCUT2D eigenvalue weighted by Gasteiger charge is -2.18. The average molecular weight is 302 g/mol. The number of hydrogen-bond acceptors (Lipinski definition) is 2. The summed E-state index contributed by atoms with van der Waals surface area (Å²) >= 11 is 6.21. The van der Waals surface area contributed by atoms with Crippen LogP contribution in [0.5, 0.6) is 5.75 Å². The van der Waals surface area contributed by atoms with Crippen LogP contribution in [0.25, 0.3) is 0 Å². The van der Waals surface area contributed by atoms with Crippen molar-refractivity contribution < 1.29 is 4.74 Å². The molecule has 1 atom stereocenters. The van der Waals surface area contributed by atoms with Crippen molar-refractivity contribution in [3.8, 4) is 5.75 Å². The molecule has 0 fully saturated rings. The molecule has 1 aliphatic heterocycles. The summed E-state index contributed by atoms with van der Waals surface area (Å²) in [6, 6.07) is 14.9. The Kier molecular flexibility index (Phi) is 4.47. The Bertz CT molecular complexity index is 612. The van der Waals surface area contributed by atoms with E-state index in [1.54, 1.807) is 0 Å². The first-order chi connectivity index (χ1) is 10.3. The van der Waals surface area contributed by atoms with Gasteiger partial charge in [0, 0.05) is 29.6 Å². The molecule has 1 N–H and O–H groups in total. The molecule has 2 aromatic carbocycles. The zero-order valence-electron chi connectivity index (χ0n) is 12.2. The normalized spacial score (nSPS) is 14.6. The fourth-order valence-electron chi connectivity index (χ4n) is 2.89. The molecule has 1 unspecified atom stereocenters. The van der Waals surface area contributed by atoms with Crippen LogP contribution in [0.3, 0.4) is 0 Å². The van der Waals surface area contributed by atoms with E-state index in [2.05, 4.69) is 36.5 Å². The molecule has 2 aromatic rings.